The monoisotopic (exact) mass is 456 g/mol. The van der Waals surface area contributed by atoms with Gasteiger partial charge in [0.05, 0.1) is 22.0 Å². The first kappa shape index (κ1) is 21.4. The zero-order chi connectivity index (χ0) is 21.5. The van der Waals surface area contributed by atoms with Crippen LogP contribution in [0.1, 0.15) is 23.2 Å². The molecule has 4 nitrogen and oxygen atoms in total. The first-order chi connectivity index (χ1) is 14.2. The highest BCUT2D eigenvalue weighted by atomic mass is 35.5. The van der Waals surface area contributed by atoms with Crippen LogP contribution in [-0.4, -0.2) is 40.5 Å². The average molecular weight is 457 g/mol. The van der Waals surface area contributed by atoms with Crippen molar-refractivity contribution < 1.29 is 13.2 Å². The molecule has 1 N–H and O–H groups in total. The van der Waals surface area contributed by atoms with Crippen molar-refractivity contribution >= 4 is 28.8 Å². The zero-order valence-corrected chi connectivity index (χ0v) is 17.9. The molecule has 3 aromatic rings. The van der Waals surface area contributed by atoms with E-state index in [2.05, 4.69) is 15.2 Å². The Labute approximate surface area is 182 Å². The van der Waals surface area contributed by atoms with E-state index >= 15 is 0 Å². The second kappa shape index (κ2) is 8.38. The number of halogens is 5. The van der Waals surface area contributed by atoms with Crippen molar-refractivity contribution in [1.29, 1.82) is 0 Å². The number of aryl methyl sites for hydroxylation is 1. The smallest absolute Gasteiger partial charge is 0.315 e. The maximum atomic E-state index is 13.4. The van der Waals surface area contributed by atoms with Crippen LogP contribution >= 0.6 is 23.2 Å². The van der Waals surface area contributed by atoms with E-state index in [-0.39, 0.29) is 5.02 Å². The molecule has 160 valence electrons. The number of aromatic nitrogens is 2. The highest BCUT2D eigenvalue weighted by Crippen LogP contribution is 2.35. The second-order valence-electron chi connectivity index (χ2n) is 7.52. The number of imidazole rings is 1. The second-order valence-corrected chi connectivity index (χ2v) is 8.33. The van der Waals surface area contributed by atoms with Gasteiger partial charge in [0.15, 0.2) is 5.65 Å². The van der Waals surface area contributed by atoms with Gasteiger partial charge in [-0.05, 0) is 50.2 Å². The Balaban J connectivity index is 1.90. The SMILES string of the molecule is Cc1cc(-c2nc3c(Cl)cc(C(F)(F)F)cn3c2CN2CCCNCC2)ccc1Cl. The van der Waals surface area contributed by atoms with Crippen LogP contribution in [0.2, 0.25) is 10.0 Å². The van der Waals surface area contributed by atoms with Crippen LogP contribution in [0.15, 0.2) is 30.5 Å². The molecule has 0 bridgehead atoms. The highest BCUT2D eigenvalue weighted by molar-refractivity contribution is 6.33. The molecule has 1 aromatic carbocycles. The molecule has 0 radical (unpaired) electrons. The Bertz CT molecular complexity index is 1070. The summed E-state index contributed by atoms with van der Waals surface area (Å²) in [4.78, 5) is 6.87. The summed E-state index contributed by atoms with van der Waals surface area (Å²) in [5, 5.41) is 3.94. The van der Waals surface area contributed by atoms with Crippen LogP contribution in [0.3, 0.4) is 0 Å². The number of hydrogen-bond donors (Lipinski definition) is 1. The minimum atomic E-state index is -4.50. The minimum Gasteiger partial charge on any atom is -0.315 e. The van der Waals surface area contributed by atoms with Crippen molar-refractivity contribution in [1.82, 2.24) is 19.6 Å². The predicted octanol–water partition coefficient (Wildman–Crippen LogP) is 5.43. The van der Waals surface area contributed by atoms with E-state index in [0.29, 0.717) is 28.6 Å². The Kier molecular flexibility index (Phi) is 5.99. The Morgan fingerprint density at radius 2 is 1.90 bits per heavy atom. The standard InChI is InChI=1S/C21H21Cl2F3N4/c1-13-9-14(3-4-16(13)22)19-18(12-29-7-2-5-27-6-8-29)30-11-15(21(24,25)26)10-17(23)20(30)28-19/h3-4,9-11,27H,2,5-8,12H2,1H3. The third-order valence-electron chi connectivity index (χ3n) is 5.34. The highest BCUT2D eigenvalue weighted by Gasteiger charge is 2.33. The minimum absolute atomic E-state index is 0.0273. The Hall–Kier alpha value is -1.80. The van der Waals surface area contributed by atoms with Crippen molar-refractivity contribution in [3.8, 4) is 11.3 Å². The molecule has 0 saturated carbocycles. The maximum Gasteiger partial charge on any atom is 0.417 e. The summed E-state index contributed by atoms with van der Waals surface area (Å²) in [5.41, 5.74) is 2.49. The van der Waals surface area contributed by atoms with Crippen molar-refractivity contribution in [2.24, 2.45) is 0 Å². The van der Waals surface area contributed by atoms with Gasteiger partial charge in [-0.1, -0.05) is 29.3 Å². The lowest BCUT2D eigenvalue weighted by Crippen LogP contribution is -2.28. The van der Waals surface area contributed by atoms with Crippen LogP contribution in [0, 0.1) is 6.92 Å². The van der Waals surface area contributed by atoms with E-state index in [4.69, 9.17) is 23.2 Å². The van der Waals surface area contributed by atoms with Crippen LogP contribution in [-0.2, 0) is 12.7 Å². The summed E-state index contributed by atoms with van der Waals surface area (Å²) >= 11 is 12.4. The van der Waals surface area contributed by atoms with E-state index in [9.17, 15) is 13.2 Å². The first-order valence-corrected chi connectivity index (χ1v) is 10.5. The number of nitrogens with one attached hydrogen (secondary N) is 1. The quantitative estimate of drug-likeness (QED) is 0.570. The number of pyridine rings is 1. The molecule has 1 saturated heterocycles. The topological polar surface area (TPSA) is 32.6 Å². The third kappa shape index (κ3) is 4.30. The van der Waals surface area contributed by atoms with Crippen LogP contribution in [0.4, 0.5) is 13.2 Å². The van der Waals surface area contributed by atoms with Crippen molar-refractivity contribution in [3.63, 3.8) is 0 Å². The van der Waals surface area contributed by atoms with Gasteiger partial charge in [-0.15, -0.1) is 0 Å². The molecule has 2 aromatic heterocycles. The molecular weight excluding hydrogens is 436 g/mol. The largest absolute Gasteiger partial charge is 0.417 e. The molecule has 0 atom stereocenters. The number of alkyl halides is 3. The van der Waals surface area contributed by atoms with Crippen LogP contribution < -0.4 is 5.32 Å². The van der Waals surface area contributed by atoms with Gasteiger partial charge in [-0.3, -0.25) is 4.90 Å². The number of hydrogen-bond acceptors (Lipinski definition) is 3. The molecule has 3 heterocycles. The van der Waals surface area contributed by atoms with Gasteiger partial charge in [-0.25, -0.2) is 4.98 Å². The van der Waals surface area contributed by atoms with E-state index in [0.717, 1.165) is 56.0 Å². The molecule has 1 fully saturated rings. The average Bonchev–Trinajstić information content (AvgIpc) is 2.85. The van der Waals surface area contributed by atoms with Gasteiger partial charge in [0, 0.05) is 36.4 Å². The fourth-order valence-corrected chi connectivity index (χ4v) is 4.12. The normalized spacial score (nSPS) is 16.2. The number of benzene rings is 1. The number of nitrogens with zero attached hydrogens (tertiary/aromatic N) is 3. The summed E-state index contributed by atoms with van der Waals surface area (Å²) in [6.45, 7) is 5.77. The molecule has 0 amide bonds. The molecule has 4 rings (SSSR count). The number of fused-ring (bicyclic) bond motifs is 1. The molecule has 0 unspecified atom stereocenters. The lowest BCUT2D eigenvalue weighted by atomic mass is 10.1. The van der Waals surface area contributed by atoms with Gasteiger partial charge >= 0.3 is 6.18 Å². The van der Waals surface area contributed by atoms with Crippen LogP contribution in [0.25, 0.3) is 16.9 Å². The first-order valence-electron chi connectivity index (χ1n) is 9.71. The zero-order valence-electron chi connectivity index (χ0n) is 16.4. The van der Waals surface area contributed by atoms with Gasteiger partial charge < -0.3 is 9.72 Å². The number of rotatable bonds is 3. The van der Waals surface area contributed by atoms with Gasteiger partial charge in [-0.2, -0.15) is 13.2 Å². The molecule has 0 spiro atoms. The van der Waals surface area contributed by atoms with E-state index in [1.54, 1.807) is 6.07 Å². The fraction of sp³-hybridized carbons (Fsp3) is 0.381. The lowest BCUT2D eigenvalue weighted by molar-refractivity contribution is -0.137. The lowest BCUT2D eigenvalue weighted by Gasteiger charge is -2.20. The summed E-state index contributed by atoms with van der Waals surface area (Å²) < 4.78 is 41.8. The van der Waals surface area contributed by atoms with E-state index < -0.39 is 11.7 Å². The molecule has 1 aliphatic rings. The van der Waals surface area contributed by atoms with E-state index in [1.165, 1.54) is 4.40 Å². The molecule has 9 heteroatoms. The summed E-state index contributed by atoms with van der Waals surface area (Å²) in [7, 11) is 0. The summed E-state index contributed by atoms with van der Waals surface area (Å²) in [6.07, 6.45) is -2.44. The predicted molar refractivity (Wildman–Crippen MR) is 113 cm³/mol. The van der Waals surface area contributed by atoms with Crippen LogP contribution in [0.5, 0.6) is 0 Å². The molecule has 0 aliphatic carbocycles. The van der Waals surface area contributed by atoms with Gasteiger partial charge in [0.25, 0.3) is 0 Å². The molecular formula is C21H21Cl2F3N4. The van der Waals surface area contributed by atoms with E-state index in [1.807, 2.05) is 19.1 Å². The fourth-order valence-electron chi connectivity index (χ4n) is 3.75. The maximum absolute atomic E-state index is 13.4. The molecule has 1 aliphatic heterocycles. The summed E-state index contributed by atoms with van der Waals surface area (Å²) in [6, 6.07) is 6.44. The van der Waals surface area contributed by atoms with Crippen molar-refractivity contribution in [2.75, 3.05) is 26.2 Å². The third-order valence-corrected chi connectivity index (χ3v) is 6.04. The Morgan fingerprint density at radius 3 is 2.63 bits per heavy atom. The summed E-state index contributed by atoms with van der Waals surface area (Å²) in [5.74, 6) is 0. The van der Waals surface area contributed by atoms with Crippen molar-refractivity contribution in [3.05, 3.63) is 57.3 Å². The van der Waals surface area contributed by atoms with Gasteiger partial charge in [0.2, 0.25) is 0 Å². The van der Waals surface area contributed by atoms with Crippen molar-refractivity contribution in [2.45, 2.75) is 26.1 Å². The molecule has 30 heavy (non-hydrogen) atoms. The Morgan fingerprint density at radius 1 is 1.10 bits per heavy atom. The van der Waals surface area contributed by atoms with Gasteiger partial charge in [0.1, 0.15) is 0 Å².